The lowest BCUT2D eigenvalue weighted by atomic mass is 9.95. The summed E-state index contributed by atoms with van der Waals surface area (Å²) in [7, 11) is 0. The van der Waals surface area contributed by atoms with Gasteiger partial charge in [-0.25, -0.2) is 0 Å². The number of benzene rings is 1. The van der Waals surface area contributed by atoms with Gasteiger partial charge in [-0.05, 0) is 49.3 Å². The molecule has 3 rings (SSSR count). The molecule has 150 valence electrons. The summed E-state index contributed by atoms with van der Waals surface area (Å²) in [6.07, 6.45) is 1.75. The molecule has 2 fully saturated rings. The third-order valence-corrected chi connectivity index (χ3v) is 5.65. The molecule has 0 bridgehead atoms. The van der Waals surface area contributed by atoms with Gasteiger partial charge in [-0.15, -0.1) is 0 Å². The van der Waals surface area contributed by atoms with Crippen LogP contribution in [0.4, 0.5) is 0 Å². The number of rotatable bonds is 6. The smallest absolute Gasteiger partial charge is 0.263 e. The van der Waals surface area contributed by atoms with Crippen molar-refractivity contribution in [1.82, 2.24) is 9.80 Å². The lowest BCUT2D eigenvalue weighted by Crippen LogP contribution is -2.49. The molecule has 2 saturated heterocycles. The summed E-state index contributed by atoms with van der Waals surface area (Å²) < 4.78 is 11.5. The highest BCUT2D eigenvalue weighted by Gasteiger charge is 2.32. The van der Waals surface area contributed by atoms with Crippen LogP contribution in [0.1, 0.15) is 32.3 Å². The van der Waals surface area contributed by atoms with Crippen LogP contribution in [0, 0.1) is 18.8 Å². The number of hydrogen-bond acceptors (Lipinski definition) is 4. The lowest BCUT2D eigenvalue weighted by Gasteiger charge is -2.37. The van der Waals surface area contributed by atoms with Crippen molar-refractivity contribution in [2.45, 2.75) is 39.7 Å². The van der Waals surface area contributed by atoms with Gasteiger partial charge in [-0.3, -0.25) is 9.69 Å². The molecule has 1 atom stereocenters. The summed E-state index contributed by atoms with van der Waals surface area (Å²) in [6.45, 7) is 12.8. The summed E-state index contributed by atoms with van der Waals surface area (Å²) in [5, 5.41) is 0. The number of carbonyl (C=O) groups excluding carboxylic acids is 1. The highest BCUT2D eigenvalue weighted by Crippen LogP contribution is 2.23. The minimum Gasteiger partial charge on any atom is -0.480 e. The molecular formula is C22H34N2O3. The first-order valence-corrected chi connectivity index (χ1v) is 10.3. The van der Waals surface area contributed by atoms with Crippen LogP contribution >= 0.6 is 0 Å². The molecule has 1 unspecified atom stereocenters. The van der Waals surface area contributed by atoms with Gasteiger partial charge in [0.2, 0.25) is 0 Å². The van der Waals surface area contributed by atoms with Gasteiger partial charge < -0.3 is 14.4 Å². The fourth-order valence-corrected chi connectivity index (χ4v) is 3.97. The second kappa shape index (κ2) is 9.56. The molecule has 0 saturated carbocycles. The summed E-state index contributed by atoms with van der Waals surface area (Å²) >= 11 is 0. The van der Waals surface area contributed by atoms with Crippen LogP contribution in [-0.4, -0.2) is 67.7 Å². The highest BCUT2D eigenvalue weighted by atomic mass is 16.5. The second-order valence-electron chi connectivity index (χ2n) is 8.28. The van der Waals surface area contributed by atoms with E-state index in [2.05, 4.69) is 18.7 Å². The predicted octanol–water partition coefficient (Wildman–Crippen LogP) is 2.97. The zero-order valence-electron chi connectivity index (χ0n) is 17.0. The standard InChI is InChI=1S/C22H34N2O3/c1-17(2)21(27-20-6-4-5-18(3)15-20)22(25)24-9-7-19(8-10-24)16-23-11-13-26-14-12-23/h4-6,15,17,19,21H,7-14,16H2,1-3H3. The van der Waals surface area contributed by atoms with Crippen LogP contribution in [-0.2, 0) is 9.53 Å². The summed E-state index contributed by atoms with van der Waals surface area (Å²) in [4.78, 5) is 17.6. The van der Waals surface area contributed by atoms with Crippen LogP contribution < -0.4 is 4.74 Å². The molecule has 0 aliphatic carbocycles. The quantitative estimate of drug-likeness (QED) is 0.768. The summed E-state index contributed by atoms with van der Waals surface area (Å²) in [5.41, 5.74) is 1.14. The molecule has 2 aliphatic heterocycles. The first kappa shape index (κ1) is 20.2. The van der Waals surface area contributed by atoms with Gasteiger partial charge >= 0.3 is 0 Å². The largest absolute Gasteiger partial charge is 0.480 e. The van der Waals surface area contributed by atoms with Crippen LogP contribution in [0.15, 0.2) is 24.3 Å². The van der Waals surface area contributed by atoms with Gasteiger partial charge in [-0.2, -0.15) is 0 Å². The lowest BCUT2D eigenvalue weighted by molar-refractivity contribution is -0.142. The van der Waals surface area contributed by atoms with Crippen molar-refractivity contribution < 1.29 is 14.3 Å². The molecule has 0 spiro atoms. The molecule has 0 N–H and O–H groups in total. The number of morpholine rings is 1. The monoisotopic (exact) mass is 374 g/mol. The van der Waals surface area contributed by atoms with Crippen molar-refractivity contribution in [3.05, 3.63) is 29.8 Å². The average Bonchev–Trinajstić information content (AvgIpc) is 2.67. The maximum atomic E-state index is 13.1. The van der Waals surface area contributed by atoms with E-state index < -0.39 is 6.10 Å². The number of amides is 1. The molecule has 2 heterocycles. The summed E-state index contributed by atoms with van der Waals surface area (Å²) in [6, 6.07) is 7.95. The fourth-order valence-electron chi connectivity index (χ4n) is 3.97. The first-order chi connectivity index (χ1) is 13.0. The van der Waals surface area contributed by atoms with Crippen molar-refractivity contribution in [3.8, 4) is 5.75 Å². The Hall–Kier alpha value is -1.59. The fraction of sp³-hybridized carbons (Fsp3) is 0.682. The highest BCUT2D eigenvalue weighted by molar-refractivity contribution is 5.81. The maximum Gasteiger partial charge on any atom is 0.263 e. The Bertz CT molecular complexity index is 605. The minimum absolute atomic E-state index is 0.135. The van der Waals surface area contributed by atoms with Crippen molar-refractivity contribution >= 4 is 5.91 Å². The molecule has 1 aromatic carbocycles. The molecule has 27 heavy (non-hydrogen) atoms. The van der Waals surface area contributed by atoms with Crippen LogP contribution in [0.25, 0.3) is 0 Å². The van der Waals surface area contributed by atoms with Crippen LogP contribution in [0.5, 0.6) is 5.75 Å². The molecule has 0 aromatic heterocycles. The van der Waals surface area contributed by atoms with E-state index in [1.54, 1.807) is 0 Å². The molecule has 5 heteroatoms. The van der Waals surface area contributed by atoms with Crippen LogP contribution in [0.2, 0.25) is 0 Å². The van der Waals surface area contributed by atoms with Gasteiger partial charge in [-0.1, -0.05) is 26.0 Å². The Morgan fingerprint density at radius 1 is 1.19 bits per heavy atom. The van der Waals surface area contributed by atoms with Crippen molar-refractivity contribution in [2.75, 3.05) is 45.9 Å². The Morgan fingerprint density at radius 3 is 2.52 bits per heavy atom. The van der Waals surface area contributed by atoms with E-state index >= 15 is 0 Å². The Kier molecular flexibility index (Phi) is 7.13. The van der Waals surface area contributed by atoms with Crippen molar-refractivity contribution in [2.24, 2.45) is 11.8 Å². The van der Waals surface area contributed by atoms with E-state index in [4.69, 9.17) is 9.47 Å². The Labute approximate surface area is 163 Å². The van der Waals surface area contributed by atoms with Gasteiger partial charge in [0, 0.05) is 32.7 Å². The second-order valence-corrected chi connectivity index (χ2v) is 8.28. The minimum atomic E-state index is -0.414. The van der Waals surface area contributed by atoms with E-state index in [1.165, 1.54) is 0 Å². The third kappa shape index (κ3) is 5.69. The SMILES string of the molecule is Cc1cccc(OC(C(=O)N2CCC(CN3CCOCC3)CC2)C(C)C)c1. The molecule has 0 radical (unpaired) electrons. The maximum absolute atomic E-state index is 13.1. The average molecular weight is 375 g/mol. The normalized spacial score (nSPS) is 20.7. The molecule has 5 nitrogen and oxygen atoms in total. The molecular weight excluding hydrogens is 340 g/mol. The number of carbonyl (C=O) groups is 1. The van der Waals surface area contributed by atoms with E-state index in [1.807, 2.05) is 36.1 Å². The predicted molar refractivity (Wildman–Crippen MR) is 107 cm³/mol. The van der Waals surface area contributed by atoms with E-state index in [0.29, 0.717) is 5.92 Å². The topological polar surface area (TPSA) is 42.0 Å². The zero-order chi connectivity index (χ0) is 19.2. The van der Waals surface area contributed by atoms with E-state index in [9.17, 15) is 4.79 Å². The van der Waals surface area contributed by atoms with E-state index in [-0.39, 0.29) is 11.8 Å². The number of nitrogens with zero attached hydrogens (tertiary/aromatic N) is 2. The third-order valence-electron chi connectivity index (χ3n) is 5.65. The molecule has 2 aliphatic rings. The zero-order valence-corrected chi connectivity index (χ0v) is 17.0. The molecule has 1 amide bonds. The molecule has 1 aromatic rings. The number of hydrogen-bond donors (Lipinski definition) is 0. The number of ether oxygens (including phenoxy) is 2. The number of piperidine rings is 1. The van der Waals surface area contributed by atoms with Crippen molar-refractivity contribution in [3.63, 3.8) is 0 Å². The Morgan fingerprint density at radius 2 is 1.89 bits per heavy atom. The van der Waals surface area contributed by atoms with Gasteiger partial charge in [0.05, 0.1) is 13.2 Å². The first-order valence-electron chi connectivity index (χ1n) is 10.3. The van der Waals surface area contributed by atoms with Crippen molar-refractivity contribution in [1.29, 1.82) is 0 Å². The van der Waals surface area contributed by atoms with Crippen LogP contribution in [0.3, 0.4) is 0 Å². The van der Waals surface area contributed by atoms with E-state index in [0.717, 1.165) is 70.1 Å². The summed E-state index contributed by atoms with van der Waals surface area (Å²) in [5.74, 6) is 1.74. The van der Waals surface area contributed by atoms with Gasteiger partial charge in [0.25, 0.3) is 5.91 Å². The van der Waals surface area contributed by atoms with Gasteiger partial charge in [0.1, 0.15) is 5.75 Å². The number of aryl methyl sites for hydroxylation is 1. The van der Waals surface area contributed by atoms with Gasteiger partial charge in [0.15, 0.2) is 6.10 Å². The number of likely N-dealkylation sites (tertiary alicyclic amines) is 1. The Balaban J connectivity index is 1.52.